The average Bonchev–Trinajstić information content (AvgIpc) is 3.01. The molecular formula is C17H15N3O4. The van der Waals surface area contributed by atoms with Gasteiger partial charge >= 0.3 is 0 Å². The lowest BCUT2D eigenvalue weighted by Gasteiger charge is -2.08. The van der Waals surface area contributed by atoms with E-state index in [1.54, 1.807) is 43.3 Å². The highest BCUT2D eigenvalue weighted by molar-refractivity contribution is 5.92. The van der Waals surface area contributed by atoms with Gasteiger partial charge in [0, 0.05) is 6.08 Å². The van der Waals surface area contributed by atoms with E-state index in [0.29, 0.717) is 17.1 Å². The predicted molar refractivity (Wildman–Crippen MR) is 85.4 cm³/mol. The highest BCUT2D eigenvalue weighted by atomic mass is 16.5. The summed E-state index contributed by atoms with van der Waals surface area (Å²) in [4.78, 5) is 23.2. The van der Waals surface area contributed by atoms with Crippen molar-refractivity contribution in [2.45, 2.75) is 6.92 Å². The van der Waals surface area contributed by atoms with Crippen LogP contribution in [0.15, 0.2) is 46.9 Å². The number of nitriles is 1. The second-order valence-corrected chi connectivity index (χ2v) is 4.72. The molecule has 2 aromatic rings. The monoisotopic (exact) mass is 325 g/mol. The Kier molecular flexibility index (Phi) is 5.75. The molecule has 2 amide bonds. The van der Waals surface area contributed by atoms with Crippen LogP contribution in [0.25, 0.3) is 6.08 Å². The molecule has 0 aliphatic rings. The summed E-state index contributed by atoms with van der Waals surface area (Å²) < 4.78 is 10.5. The van der Waals surface area contributed by atoms with E-state index >= 15 is 0 Å². The quantitative estimate of drug-likeness (QED) is 0.643. The Morgan fingerprint density at radius 1 is 1.25 bits per heavy atom. The summed E-state index contributed by atoms with van der Waals surface area (Å²) in [7, 11) is 0. The van der Waals surface area contributed by atoms with E-state index in [-0.39, 0.29) is 6.61 Å². The largest absolute Gasteiger partial charge is 0.482 e. The molecule has 2 rings (SSSR count). The van der Waals surface area contributed by atoms with Crippen molar-refractivity contribution in [1.29, 1.82) is 5.26 Å². The number of ether oxygens (including phenoxy) is 1. The highest BCUT2D eigenvalue weighted by Gasteiger charge is 2.06. The zero-order valence-electron chi connectivity index (χ0n) is 12.9. The van der Waals surface area contributed by atoms with Gasteiger partial charge < -0.3 is 9.15 Å². The fourth-order valence-corrected chi connectivity index (χ4v) is 1.74. The van der Waals surface area contributed by atoms with Crippen LogP contribution in [0.5, 0.6) is 5.75 Å². The number of nitrogens with zero attached hydrogens (tertiary/aromatic N) is 1. The van der Waals surface area contributed by atoms with Crippen LogP contribution in [0.1, 0.15) is 17.1 Å². The molecule has 0 aliphatic heterocycles. The number of carbonyl (C=O) groups is 2. The Morgan fingerprint density at radius 2 is 2.04 bits per heavy atom. The molecule has 0 saturated carbocycles. The van der Waals surface area contributed by atoms with Crippen molar-refractivity contribution in [2.24, 2.45) is 0 Å². The number of hydrazine groups is 1. The first kappa shape index (κ1) is 16.8. The number of para-hydroxylation sites is 1. The van der Waals surface area contributed by atoms with Gasteiger partial charge in [0.2, 0.25) is 0 Å². The van der Waals surface area contributed by atoms with E-state index in [1.807, 2.05) is 6.07 Å². The minimum Gasteiger partial charge on any atom is -0.482 e. The molecule has 1 aromatic heterocycles. The van der Waals surface area contributed by atoms with Crippen molar-refractivity contribution in [1.82, 2.24) is 10.9 Å². The topological polar surface area (TPSA) is 104 Å². The van der Waals surface area contributed by atoms with Crippen molar-refractivity contribution in [3.05, 3.63) is 59.6 Å². The number of amides is 2. The van der Waals surface area contributed by atoms with E-state index in [0.717, 1.165) is 5.76 Å². The summed E-state index contributed by atoms with van der Waals surface area (Å²) in [5.41, 5.74) is 4.74. The second kappa shape index (κ2) is 8.19. The van der Waals surface area contributed by atoms with Crippen molar-refractivity contribution in [2.75, 3.05) is 6.61 Å². The molecule has 0 fully saturated rings. The molecular weight excluding hydrogens is 310 g/mol. The molecule has 0 bridgehead atoms. The van der Waals surface area contributed by atoms with Gasteiger partial charge in [-0.05, 0) is 37.3 Å². The number of benzene rings is 1. The number of carbonyl (C=O) groups excluding carboxylic acids is 2. The van der Waals surface area contributed by atoms with Gasteiger partial charge in [-0.25, -0.2) is 0 Å². The number of hydrogen-bond donors (Lipinski definition) is 2. The number of nitrogens with one attached hydrogen (secondary N) is 2. The van der Waals surface area contributed by atoms with Crippen LogP contribution in [-0.2, 0) is 9.59 Å². The van der Waals surface area contributed by atoms with Crippen molar-refractivity contribution in [3.8, 4) is 11.8 Å². The van der Waals surface area contributed by atoms with E-state index in [9.17, 15) is 9.59 Å². The summed E-state index contributed by atoms with van der Waals surface area (Å²) in [5, 5.41) is 8.91. The molecule has 0 radical (unpaired) electrons. The Morgan fingerprint density at radius 3 is 2.75 bits per heavy atom. The van der Waals surface area contributed by atoms with Crippen LogP contribution in [0.3, 0.4) is 0 Å². The van der Waals surface area contributed by atoms with E-state index in [4.69, 9.17) is 14.4 Å². The van der Waals surface area contributed by atoms with Gasteiger partial charge in [-0.15, -0.1) is 0 Å². The average molecular weight is 325 g/mol. The first-order valence-corrected chi connectivity index (χ1v) is 7.04. The molecule has 2 N–H and O–H groups in total. The fraction of sp³-hybridized carbons (Fsp3) is 0.118. The summed E-state index contributed by atoms with van der Waals surface area (Å²) in [6.45, 7) is 1.46. The third-order valence-electron chi connectivity index (χ3n) is 2.85. The van der Waals surface area contributed by atoms with Gasteiger partial charge in [-0.3, -0.25) is 20.4 Å². The summed E-state index contributed by atoms with van der Waals surface area (Å²) in [5.74, 6) is 0.492. The molecule has 0 atom stereocenters. The maximum Gasteiger partial charge on any atom is 0.276 e. The molecule has 1 aromatic carbocycles. The third kappa shape index (κ3) is 5.03. The SMILES string of the molecule is Cc1ccc(/C=C/C(=O)NNC(=O)COc2ccccc2C#N)o1. The summed E-state index contributed by atoms with van der Waals surface area (Å²) >= 11 is 0. The van der Waals surface area contributed by atoms with Crippen LogP contribution in [-0.4, -0.2) is 18.4 Å². The van der Waals surface area contributed by atoms with Crippen LogP contribution in [0, 0.1) is 18.3 Å². The summed E-state index contributed by atoms with van der Waals surface area (Å²) in [6.07, 6.45) is 2.71. The zero-order chi connectivity index (χ0) is 17.4. The highest BCUT2D eigenvalue weighted by Crippen LogP contribution is 2.16. The van der Waals surface area contributed by atoms with Crippen LogP contribution in [0.2, 0.25) is 0 Å². The Balaban J connectivity index is 1.75. The van der Waals surface area contributed by atoms with Crippen molar-refractivity contribution in [3.63, 3.8) is 0 Å². The van der Waals surface area contributed by atoms with E-state index in [2.05, 4.69) is 10.9 Å². The van der Waals surface area contributed by atoms with Crippen LogP contribution in [0.4, 0.5) is 0 Å². The molecule has 0 aliphatic carbocycles. The minimum atomic E-state index is -0.557. The lowest BCUT2D eigenvalue weighted by molar-refractivity contribution is -0.128. The molecule has 24 heavy (non-hydrogen) atoms. The van der Waals surface area contributed by atoms with Gasteiger partial charge in [0.25, 0.3) is 11.8 Å². The molecule has 7 heteroatoms. The van der Waals surface area contributed by atoms with Crippen molar-refractivity contribution >= 4 is 17.9 Å². The molecule has 0 unspecified atom stereocenters. The van der Waals surface area contributed by atoms with Gasteiger partial charge in [0.1, 0.15) is 23.3 Å². The maximum atomic E-state index is 11.6. The fourth-order valence-electron chi connectivity index (χ4n) is 1.74. The maximum absolute atomic E-state index is 11.6. The van der Waals surface area contributed by atoms with Gasteiger partial charge in [0.15, 0.2) is 6.61 Å². The molecule has 7 nitrogen and oxygen atoms in total. The standard InChI is InChI=1S/C17H15N3O4/c1-12-6-7-14(24-12)8-9-16(21)19-20-17(22)11-23-15-5-3-2-4-13(15)10-18/h2-9H,11H2,1H3,(H,19,21)(H,20,22)/b9-8+. The lowest BCUT2D eigenvalue weighted by Crippen LogP contribution is -2.43. The lowest BCUT2D eigenvalue weighted by atomic mass is 10.2. The van der Waals surface area contributed by atoms with Crippen LogP contribution >= 0.6 is 0 Å². The number of furan rings is 1. The normalized spacial score (nSPS) is 10.2. The third-order valence-corrected chi connectivity index (χ3v) is 2.85. The molecule has 0 spiro atoms. The zero-order valence-corrected chi connectivity index (χ0v) is 12.9. The summed E-state index contributed by atoms with van der Waals surface area (Å²) in [6, 6.07) is 12.0. The van der Waals surface area contributed by atoms with Gasteiger partial charge in [-0.1, -0.05) is 12.1 Å². The number of rotatable bonds is 5. The Bertz CT molecular complexity index is 802. The predicted octanol–water partition coefficient (Wildman–Crippen LogP) is 1.70. The van der Waals surface area contributed by atoms with Crippen LogP contribution < -0.4 is 15.6 Å². The first-order valence-electron chi connectivity index (χ1n) is 7.04. The number of hydrogen-bond acceptors (Lipinski definition) is 5. The smallest absolute Gasteiger partial charge is 0.276 e. The Labute approximate surface area is 138 Å². The van der Waals surface area contributed by atoms with Gasteiger partial charge in [-0.2, -0.15) is 5.26 Å². The molecule has 1 heterocycles. The van der Waals surface area contributed by atoms with Gasteiger partial charge in [0.05, 0.1) is 5.56 Å². The second-order valence-electron chi connectivity index (χ2n) is 4.72. The number of aryl methyl sites for hydroxylation is 1. The minimum absolute atomic E-state index is 0.301. The van der Waals surface area contributed by atoms with E-state index in [1.165, 1.54) is 12.2 Å². The van der Waals surface area contributed by atoms with Crippen molar-refractivity contribution < 1.29 is 18.7 Å². The molecule has 122 valence electrons. The molecule has 0 saturated heterocycles. The first-order chi connectivity index (χ1) is 11.6. The van der Waals surface area contributed by atoms with E-state index < -0.39 is 11.8 Å². The Hall–Kier alpha value is -3.53.